The van der Waals surface area contributed by atoms with Crippen LogP contribution in [0.1, 0.15) is 13.3 Å². The van der Waals surface area contributed by atoms with Crippen LogP contribution < -0.4 is 0 Å². The van der Waals surface area contributed by atoms with Crippen LogP contribution in [-0.4, -0.2) is 0 Å². The van der Waals surface area contributed by atoms with Crippen LogP contribution in [0.15, 0.2) is 11.6 Å². The van der Waals surface area contributed by atoms with Crippen LogP contribution in [0.3, 0.4) is 0 Å². The van der Waals surface area contributed by atoms with Crippen molar-refractivity contribution in [2.24, 2.45) is 0 Å². The number of hydrogen-bond donors (Lipinski definition) is 0. The molecule has 0 nitrogen and oxygen atoms in total. The predicted octanol–water partition coefficient (Wildman–Crippen LogP) is 1.99. The predicted molar refractivity (Wildman–Crippen MR) is 29.1 cm³/mol. The minimum Gasteiger partial charge on any atom is -0.0884 e. The van der Waals surface area contributed by atoms with E-state index in [0.717, 1.165) is 12.0 Å². The van der Waals surface area contributed by atoms with E-state index in [-0.39, 0.29) is 0 Å². The number of allylic oxidation sites excluding steroid dienone is 2. The Kier molecular flexibility index (Phi) is 2.82. The molecule has 0 saturated heterocycles. The summed E-state index contributed by atoms with van der Waals surface area (Å²) < 4.78 is 0. The highest BCUT2D eigenvalue weighted by atomic mass is 13.8. The Hall–Kier alpha value is -0.260. The standard InChI is InChI=1S/C6H10/c1-4-6(3)5-2/h5H,1,3-4H2,2H3/b6-5+. The van der Waals surface area contributed by atoms with Crippen LogP contribution in [0.2, 0.25) is 0 Å². The molecule has 0 bridgehead atoms. The first-order valence-electron chi connectivity index (χ1n) is 2.07. The van der Waals surface area contributed by atoms with Crippen molar-refractivity contribution in [1.82, 2.24) is 0 Å². The molecule has 0 aliphatic rings. The van der Waals surface area contributed by atoms with Crippen LogP contribution in [0.4, 0.5) is 0 Å². The van der Waals surface area contributed by atoms with Gasteiger partial charge in [-0.1, -0.05) is 11.6 Å². The Morgan fingerprint density at radius 1 is 1.83 bits per heavy atom. The van der Waals surface area contributed by atoms with E-state index in [0.29, 0.717) is 0 Å². The monoisotopic (exact) mass is 82.1 g/mol. The van der Waals surface area contributed by atoms with Crippen LogP contribution in [0.5, 0.6) is 0 Å². The van der Waals surface area contributed by atoms with Gasteiger partial charge in [0.05, 0.1) is 0 Å². The molecule has 0 aromatic heterocycles. The molecule has 0 rings (SSSR count). The SMILES string of the molecule is [CH2]C/C([CH2])=C/C. The van der Waals surface area contributed by atoms with Gasteiger partial charge >= 0.3 is 0 Å². The Morgan fingerprint density at radius 2 is 2.33 bits per heavy atom. The fraction of sp³-hybridized carbons (Fsp3) is 0.333. The third-order valence-electron chi connectivity index (χ3n) is 0.729. The molecule has 0 aliphatic carbocycles. The van der Waals surface area contributed by atoms with Gasteiger partial charge in [-0.15, -0.1) is 0 Å². The van der Waals surface area contributed by atoms with E-state index in [2.05, 4.69) is 13.8 Å². The van der Waals surface area contributed by atoms with Crippen molar-refractivity contribution in [3.63, 3.8) is 0 Å². The minimum absolute atomic E-state index is 0.830. The van der Waals surface area contributed by atoms with E-state index in [4.69, 9.17) is 0 Å². The lowest BCUT2D eigenvalue weighted by molar-refractivity contribution is 1.27. The van der Waals surface area contributed by atoms with Gasteiger partial charge in [0.1, 0.15) is 0 Å². The Labute approximate surface area is 39.9 Å². The first kappa shape index (κ1) is 5.74. The summed E-state index contributed by atoms with van der Waals surface area (Å²) in [7, 11) is 0. The molecule has 0 heteroatoms. The molecule has 0 amide bonds. The molecule has 0 N–H and O–H groups in total. The molecule has 6 heavy (non-hydrogen) atoms. The summed E-state index contributed by atoms with van der Waals surface area (Å²) in [6.07, 6.45) is 2.80. The Morgan fingerprint density at radius 3 is 2.33 bits per heavy atom. The summed E-state index contributed by atoms with van der Waals surface area (Å²) in [6, 6.07) is 0. The Balaban J connectivity index is 3.22. The molecule has 0 aromatic rings. The van der Waals surface area contributed by atoms with Crippen molar-refractivity contribution in [2.75, 3.05) is 0 Å². The first-order valence-corrected chi connectivity index (χ1v) is 2.07. The van der Waals surface area contributed by atoms with Gasteiger partial charge in [0.25, 0.3) is 0 Å². The quantitative estimate of drug-likeness (QED) is 0.454. The minimum atomic E-state index is 0.830. The van der Waals surface area contributed by atoms with Crippen LogP contribution >= 0.6 is 0 Å². The molecule has 0 unspecified atom stereocenters. The summed E-state index contributed by atoms with van der Waals surface area (Å²) in [5.41, 5.74) is 1.11. The highest BCUT2D eigenvalue weighted by Gasteiger charge is 1.73. The lowest BCUT2D eigenvalue weighted by atomic mass is 10.2. The maximum Gasteiger partial charge on any atom is -0.0283 e. The molecule has 0 heterocycles. The maximum absolute atomic E-state index is 3.67. The average molecular weight is 82.1 g/mol. The van der Waals surface area contributed by atoms with Gasteiger partial charge in [-0.2, -0.15) is 0 Å². The van der Waals surface area contributed by atoms with Crippen LogP contribution in [0.25, 0.3) is 0 Å². The largest absolute Gasteiger partial charge is 0.0884 e. The average Bonchev–Trinajstić information content (AvgIpc) is 1.65. The lowest BCUT2D eigenvalue weighted by Crippen LogP contribution is -1.65. The molecule has 2 radical (unpaired) electrons. The smallest absolute Gasteiger partial charge is 0.0283 e. The van der Waals surface area contributed by atoms with Crippen molar-refractivity contribution in [1.29, 1.82) is 0 Å². The third kappa shape index (κ3) is 2.01. The summed E-state index contributed by atoms with van der Waals surface area (Å²) in [5.74, 6) is 0. The van der Waals surface area contributed by atoms with Gasteiger partial charge < -0.3 is 0 Å². The second-order valence-electron chi connectivity index (χ2n) is 1.20. The molecule has 34 valence electrons. The zero-order valence-electron chi connectivity index (χ0n) is 4.20. The second kappa shape index (κ2) is 2.95. The fourth-order valence-corrected chi connectivity index (χ4v) is 0.144. The van der Waals surface area contributed by atoms with Gasteiger partial charge in [0.15, 0.2) is 0 Å². The summed E-state index contributed by atoms with van der Waals surface area (Å²) in [6.45, 7) is 9.27. The molecular formula is C6H10. The zero-order valence-corrected chi connectivity index (χ0v) is 4.20. The topological polar surface area (TPSA) is 0 Å². The third-order valence-corrected chi connectivity index (χ3v) is 0.729. The van der Waals surface area contributed by atoms with Gasteiger partial charge in [-0.05, 0) is 27.2 Å². The fourth-order valence-electron chi connectivity index (χ4n) is 0.144. The van der Waals surface area contributed by atoms with E-state index in [1.807, 2.05) is 13.0 Å². The van der Waals surface area contributed by atoms with Crippen molar-refractivity contribution < 1.29 is 0 Å². The highest BCUT2D eigenvalue weighted by Crippen LogP contribution is 1.92. The molecule has 0 saturated carbocycles. The first-order chi connectivity index (χ1) is 2.81. The van der Waals surface area contributed by atoms with Gasteiger partial charge in [0, 0.05) is 0 Å². The van der Waals surface area contributed by atoms with Crippen LogP contribution in [0, 0.1) is 13.8 Å². The van der Waals surface area contributed by atoms with Crippen LogP contribution in [-0.2, 0) is 0 Å². The molecule has 0 aliphatic heterocycles. The van der Waals surface area contributed by atoms with Crippen molar-refractivity contribution >= 4 is 0 Å². The summed E-state index contributed by atoms with van der Waals surface area (Å²) >= 11 is 0. The summed E-state index contributed by atoms with van der Waals surface area (Å²) in [5, 5.41) is 0. The number of rotatable bonds is 1. The van der Waals surface area contributed by atoms with E-state index in [1.54, 1.807) is 0 Å². The van der Waals surface area contributed by atoms with Crippen molar-refractivity contribution in [2.45, 2.75) is 13.3 Å². The van der Waals surface area contributed by atoms with Crippen molar-refractivity contribution in [3.05, 3.63) is 25.5 Å². The number of hydrogen-bond acceptors (Lipinski definition) is 0. The normalized spacial score (nSPS) is 12.2. The van der Waals surface area contributed by atoms with Crippen molar-refractivity contribution in [3.8, 4) is 0 Å². The Bertz CT molecular complexity index is 51.1. The molecule has 0 atom stereocenters. The summed E-state index contributed by atoms with van der Waals surface area (Å²) in [4.78, 5) is 0. The van der Waals surface area contributed by atoms with E-state index < -0.39 is 0 Å². The zero-order chi connectivity index (χ0) is 4.99. The molecule has 0 spiro atoms. The van der Waals surface area contributed by atoms with E-state index >= 15 is 0 Å². The van der Waals surface area contributed by atoms with Gasteiger partial charge in [-0.3, -0.25) is 0 Å². The van der Waals surface area contributed by atoms with E-state index in [9.17, 15) is 0 Å². The van der Waals surface area contributed by atoms with Gasteiger partial charge in [-0.25, -0.2) is 0 Å². The molecule has 0 aromatic carbocycles. The highest BCUT2D eigenvalue weighted by molar-refractivity contribution is 5.03. The second-order valence-corrected chi connectivity index (χ2v) is 1.20. The molecular weight excluding hydrogens is 72.1 g/mol. The van der Waals surface area contributed by atoms with E-state index in [1.165, 1.54) is 0 Å². The molecule has 0 fully saturated rings. The maximum atomic E-state index is 3.67. The lowest BCUT2D eigenvalue weighted by Gasteiger charge is -1.84. The van der Waals surface area contributed by atoms with Gasteiger partial charge in [0.2, 0.25) is 0 Å².